The number of aromatic nitrogens is 2. The van der Waals surface area contributed by atoms with E-state index in [-0.39, 0.29) is 6.10 Å². The lowest BCUT2D eigenvalue weighted by Crippen LogP contribution is -2.10. The Morgan fingerprint density at radius 2 is 2.40 bits per heavy atom. The van der Waals surface area contributed by atoms with Crippen molar-refractivity contribution in [3.63, 3.8) is 0 Å². The van der Waals surface area contributed by atoms with Gasteiger partial charge in [-0.3, -0.25) is 0 Å². The first-order valence-corrected chi connectivity index (χ1v) is 6.92. The molecular weight excluding hydrogens is 278 g/mol. The summed E-state index contributed by atoms with van der Waals surface area (Å²) in [6.45, 7) is 4.40. The van der Waals surface area contributed by atoms with E-state index in [1.807, 2.05) is 13.8 Å². The zero-order valence-electron chi connectivity index (χ0n) is 11.2. The van der Waals surface area contributed by atoms with Gasteiger partial charge in [-0.05, 0) is 13.8 Å². The second kappa shape index (κ2) is 6.25. The van der Waals surface area contributed by atoms with Gasteiger partial charge in [-0.2, -0.15) is 10.2 Å². The van der Waals surface area contributed by atoms with E-state index in [9.17, 15) is 0 Å². The Labute approximate surface area is 120 Å². The summed E-state index contributed by atoms with van der Waals surface area (Å²) < 4.78 is 10.6. The van der Waals surface area contributed by atoms with Crippen molar-refractivity contribution >= 4 is 22.0 Å². The zero-order valence-corrected chi connectivity index (χ0v) is 12.0. The zero-order chi connectivity index (χ0) is 14.5. The van der Waals surface area contributed by atoms with Gasteiger partial charge in [0, 0.05) is 13.0 Å². The number of nitrogens with zero attached hydrogens (tertiary/aromatic N) is 3. The van der Waals surface area contributed by atoms with E-state index in [4.69, 9.17) is 20.3 Å². The number of anilines is 2. The van der Waals surface area contributed by atoms with Crippen molar-refractivity contribution < 1.29 is 9.26 Å². The highest BCUT2D eigenvalue weighted by molar-refractivity contribution is 7.17. The SMILES string of the molecule is CC(C)Oc1c(NCCc2ncno2)sc(C#N)c1N. The minimum atomic E-state index is -0.0186. The maximum atomic E-state index is 9.03. The van der Waals surface area contributed by atoms with E-state index in [0.29, 0.717) is 35.2 Å². The molecule has 0 aliphatic rings. The summed E-state index contributed by atoms with van der Waals surface area (Å²) in [5, 5.41) is 16.5. The molecule has 0 fully saturated rings. The molecule has 20 heavy (non-hydrogen) atoms. The molecule has 0 saturated heterocycles. The van der Waals surface area contributed by atoms with Crippen molar-refractivity contribution in [2.75, 3.05) is 17.6 Å². The van der Waals surface area contributed by atoms with Crippen molar-refractivity contribution in [2.24, 2.45) is 0 Å². The van der Waals surface area contributed by atoms with Gasteiger partial charge in [0.15, 0.2) is 12.1 Å². The second-order valence-corrected chi connectivity index (χ2v) is 5.31. The number of ether oxygens (including phenoxy) is 1. The number of hydrogen-bond acceptors (Lipinski definition) is 8. The molecule has 3 N–H and O–H groups in total. The minimum absolute atomic E-state index is 0.0186. The molecule has 2 rings (SSSR count). The van der Waals surface area contributed by atoms with E-state index in [0.717, 1.165) is 5.00 Å². The number of thiophene rings is 1. The van der Waals surface area contributed by atoms with Gasteiger partial charge in [0.1, 0.15) is 21.6 Å². The summed E-state index contributed by atoms with van der Waals surface area (Å²) in [5.41, 5.74) is 6.29. The Balaban J connectivity index is 2.07. The van der Waals surface area contributed by atoms with Gasteiger partial charge in [0.2, 0.25) is 5.89 Å². The summed E-state index contributed by atoms with van der Waals surface area (Å²) >= 11 is 1.28. The molecule has 0 aromatic carbocycles. The fourth-order valence-electron chi connectivity index (χ4n) is 1.57. The Hall–Kier alpha value is -2.27. The highest BCUT2D eigenvalue weighted by Gasteiger charge is 2.18. The molecule has 8 heteroatoms. The number of nitrogens with one attached hydrogen (secondary N) is 1. The van der Waals surface area contributed by atoms with Crippen LogP contribution in [0.5, 0.6) is 5.75 Å². The summed E-state index contributed by atoms with van der Waals surface area (Å²) in [6.07, 6.45) is 1.93. The van der Waals surface area contributed by atoms with Crippen molar-refractivity contribution in [3.05, 3.63) is 17.1 Å². The lowest BCUT2D eigenvalue weighted by molar-refractivity contribution is 0.246. The van der Waals surface area contributed by atoms with Gasteiger partial charge in [0.05, 0.1) is 6.10 Å². The highest BCUT2D eigenvalue weighted by atomic mass is 32.1. The van der Waals surface area contributed by atoms with Gasteiger partial charge < -0.3 is 20.3 Å². The van der Waals surface area contributed by atoms with E-state index in [2.05, 4.69) is 21.5 Å². The maximum Gasteiger partial charge on any atom is 0.228 e. The molecule has 106 valence electrons. The third-order valence-corrected chi connectivity index (χ3v) is 3.44. The monoisotopic (exact) mass is 293 g/mol. The van der Waals surface area contributed by atoms with E-state index < -0.39 is 0 Å². The summed E-state index contributed by atoms with van der Waals surface area (Å²) in [7, 11) is 0. The summed E-state index contributed by atoms with van der Waals surface area (Å²) in [4.78, 5) is 4.38. The predicted octanol–water partition coefficient (Wildman–Crippen LogP) is 2.03. The first kappa shape index (κ1) is 14.1. The van der Waals surface area contributed by atoms with E-state index >= 15 is 0 Å². The third kappa shape index (κ3) is 3.19. The van der Waals surface area contributed by atoms with Crippen LogP contribution in [-0.2, 0) is 6.42 Å². The Bertz CT molecular complexity index is 600. The van der Waals surface area contributed by atoms with Gasteiger partial charge in [-0.15, -0.1) is 11.3 Å². The molecular formula is C12H15N5O2S. The van der Waals surface area contributed by atoms with Crippen molar-refractivity contribution in [1.82, 2.24) is 10.1 Å². The number of nitrogens with two attached hydrogens (primary N) is 1. The van der Waals surface area contributed by atoms with Crippen LogP contribution in [0.2, 0.25) is 0 Å². The average Bonchev–Trinajstić information content (AvgIpc) is 3.01. The van der Waals surface area contributed by atoms with Gasteiger partial charge in [0.25, 0.3) is 0 Å². The molecule has 0 amide bonds. The normalized spacial score (nSPS) is 10.5. The molecule has 0 bridgehead atoms. The highest BCUT2D eigenvalue weighted by Crippen LogP contribution is 2.42. The molecule has 0 aliphatic carbocycles. The third-order valence-electron chi connectivity index (χ3n) is 2.39. The number of rotatable bonds is 6. The number of nitrogen functional groups attached to an aromatic ring is 1. The van der Waals surface area contributed by atoms with Gasteiger partial charge >= 0.3 is 0 Å². The Morgan fingerprint density at radius 3 is 3.00 bits per heavy atom. The minimum Gasteiger partial charge on any atom is -0.486 e. The lowest BCUT2D eigenvalue weighted by atomic mass is 10.3. The van der Waals surface area contributed by atoms with Gasteiger partial charge in [-0.1, -0.05) is 5.16 Å². The van der Waals surface area contributed by atoms with Crippen molar-refractivity contribution in [1.29, 1.82) is 5.26 Å². The lowest BCUT2D eigenvalue weighted by Gasteiger charge is -2.12. The van der Waals surface area contributed by atoms with Gasteiger partial charge in [-0.25, -0.2) is 0 Å². The molecule has 0 unspecified atom stereocenters. The largest absolute Gasteiger partial charge is 0.486 e. The molecule has 7 nitrogen and oxygen atoms in total. The quantitative estimate of drug-likeness (QED) is 0.838. The van der Waals surface area contributed by atoms with Crippen LogP contribution in [0.3, 0.4) is 0 Å². The fraction of sp³-hybridized carbons (Fsp3) is 0.417. The first-order chi connectivity index (χ1) is 9.61. The molecule has 2 aromatic heterocycles. The average molecular weight is 293 g/mol. The van der Waals surface area contributed by atoms with Crippen LogP contribution in [0.25, 0.3) is 0 Å². The number of nitriles is 1. The van der Waals surface area contributed by atoms with Crippen LogP contribution in [0.4, 0.5) is 10.7 Å². The van der Waals surface area contributed by atoms with Crippen LogP contribution >= 0.6 is 11.3 Å². The molecule has 0 spiro atoms. The predicted molar refractivity (Wildman–Crippen MR) is 75.7 cm³/mol. The van der Waals surface area contributed by atoms with Crippen LogP contribution in [0.15, 0.2) is 10.9 Å². The molecule has 0 radical (unpaired) electrons. The molecule has 0 aliphatic heterocycles. The fourth-order valence-corrected chi connectivity index (χ4v) is 2.45. The van der Waals surface area contributed by atoms with Crippen LogP contribution in [0, 0.1) is 11.3 Å². The topological polar surface area (TPSA) is 110 Å². The molecule has 2 aromatic rings. The van der Waals surface area contributed by atoms with Crippen LogP contribution < -0.4 is 15.8 Å². The van der Waals surface area contributed by atoms with Crippen LogP contribution in [-0.4, -0.2) is 22.8 Å². The Morgan fingerprint density at radius 1 is 1.60 bits per heavy atom. The maximum absolute atomic E-state index is 9.03. The second-order valence-electron chi connectivity index (χ2n) is 4.29. The Kier molecular flexibility index (Phi) is 4.42. The number of hydrogen-bond donors (Lipinski definition) is 2. The van der Waals surface area contributed by atoms with Crippen molar-refractivity contribution in [2.45, 2.75) is 26.4 Å². The first-order valence-electron chi connectivity index (χ1n) is 6.10. The smallest absolute Gasteiger partial charge is 0.228 e. The van der Waals surface area contributed by atoms with Crippen LogP contribution in [0.1, 0.15) is 24.6 Å². The van der Waals surface area contributed by atoms with E-state index in [1.54, 1.807) is 0 Å². The summed E-state index contributed by atoms with van der Waals surface area (Å²) in [6, 6.07) is 2.07. The van der Waals surface area contributed by atoms with Crippen molar-refractivity contribution in [3.8, 4) is 11.8 Å². The summed E-state index contributed by atoms with van der Waals surface area (Å²) in [5.74, 6) is 1.08. The standard InChI is InChI=1S/C12H15N5O2S/c1-7(2)18-11-10(14)8(5-13)20-12(11)15-4-3-9-16-6-17-19-9/h6-7,15H,3-4,14H2,1-2H3. The molecule has 0 saturated carbocycles. The molecule has 2 heterocycles. The molecule has 0 atom stereocenters. The van der Waals surface area contributed by atoms with E-state index in [1.165, 1.54) is 17.7 Å².